The average Bonchev–Trinajstić information content (AvgIpc) is 1.49. The van der Waals surface area contributed by atoms with Gasteiger partial charge in [0.05, 0.1) is 36.5 Å². The number of hydrogen-bond acceptors (Lipinski definition) is 11. The fourth-order valence-corrected chi connectivity index (χ4v) is 24.8. The van der Waals surface area contributed by atoms with Crippen molar-refractivity contribution >= 4 is 65.4 Å². The largest absolute Gasteiger partial charge is 0.494 e. The van der Waals surface area contributed by atoms with Crippen LogP contribution in [0.1, 0.15) is 176 Å². The van der Waals surface area contributed by atoms with Gasteiger partial charge in [-0.2, -0.15) is 0 Å². The number of ether oxygens (including phenoxy) is 6. The van der Waals surface area contributed by atoms with Crippen LogP contribution < -0.4 is 23.7 Å². The number of carbonyl (C=O) groups excluding carboxylic acids is 3. The van der Waals surface area contributed by atoms with Crippen LogP contribution in [-0.2, 0) is 13.0 Å². The number of carbonyl (C=O) groups is 3. The van der Waals surface area contributed by atoms with Gasteiger partial charge in [-0.25, -0.2) is 14.4 Å². The summed E-state index contributed by atoms with van der Waals surface area (Å²) in [5, 5.41) is 3.67. The molecular formula is C84H112O11Si3. The normalized spacial score (nSPS) is 21.4. The first kappa shape index (κ1) is 75.4. The van der Waals surface area contributed by atoms with Gasteiger partial charge >= 0.3 is 17.9 Å². The number of fused-ring (bicyclic) bond motifs is 7. The van der Waals surface area contributed by atoms with Gasteiger partial charge in [0.15, 0.2) is 16.6 Å². The molecule has 0 amide bonds. The lowest BCUT2D eigenvalue weighted by atomic mass is 9.47. The maximum atomic E-state index is 13.4. The minimum absolute atomic E-state index is 0.00389. The second kappa shape index (κ2) is 34.0. The summed E-state index contributed by atoms with van der Waals surface area (Å²) >= 11 is 0. The molecule has 0 bridgehead atoms. The van der Waals surface area contributed by atoms with Crippen molar-refractivity contribution in [3.05, 3.63) is 174 Å². The van der Waals surface area contributed by atoms with Crippen LogP contribution >= 0.6 is 0 Å². The van der Waals surface area contributed by atoms with Crippen LogP contribution in [0.4, 0.5) is 0 Å². The molecule has 0 aromatic heterocycles. The molecule has 0 radical (unpaired) electrons. The molecule has 0 spiro atoms. The van der Waals surface area contributed by atoms with Crippen LogP contribution in [0.25, 0.3) is 32.7 Å². The number of allylic oxidation sites excluding steroid dienone is 1. The first-order valence-electron chi connectivity index (χ1n) is 36.7. The Labute approximate surface area is 590 Å². The molecule has 11 nitrogen and oxygen atoms in total. The molecule has 7 aromatic carbocycles. The number of esters is 3. The molecule has 0 saturated heterocycles. The average molecular weight is 1380 g/mol. The van der Waals surface area contributed by atoms with E-state index in [1.54, 1.807) is 54.1 Å². The Kier molecular flexibility index (Phi) is 26.2. The molecule has 526 valence electrons. The fraction of sp³-hybridized carbons (Fsp3) is 0.488. The minimum Gasteiger partial charge on any atom is -0.494 e. The Morgan fingerprint density at radius 3 is 1.63 bits per heavy atom. The summed E-state index contributed by atoms with van der Waals surface area (Å²) < 4.78 is 46.9. The molecule has 4 aliphatic carbocycles. The fourth-order valence-electron chi connectivity index (χ4n) is 16.2. The zero-order valence-corrected chi connectivity index (χ0v) is 64.7. The lowest BCUT2D eigenvalue weighted by Crippen LogP contribution is -2.51. The van der Waals surface area contributed by atoms with Crippen LogP contribution in [0.15, 0.2) is 157 Å². The van der Waals surface area contributed by atoms with Crippen molar-refractivity contribution in [2.24, 2.45) is 46.3 Å². The number of rotatable bonds is 25. The van der Waals surface area contributed by atoms with Gasteiger partial charge in [0.25, 0.3) is 9.28 Å². The quantitative estimate of drug-likeness (QED) is 0.0235. The van der Waals surface area contributed by atoms with E-state index in [0.717, 1.165) is 112 Å². The van der Waals surface area contributed by atoms with Gasteiger partial charge in [-0.1, -0.05) is 141 Å². The summed E-state index contributed by atoms with van der Waals surface area (Å²) in [7, 11) is -4.05. The molecule has 3 fully saturated rings. The molecule has 7 aromatic rings. The van der Waals surface area contributed by atoms with E-state index >= 15 is 0 Å². The van der Waals surface area contributed by atoms with Gasteiger partial charge in [0.2, 0.25) is 0 Å². The predicted octanol–water partition coefficient (Wildman–Crippen LogP) is 22.3. The van der Waals surface area contributed by atoms with E-state index in [1.165, 1.54) is 51.4 Å². The highest BCUT2D eigenvalue weighted by atomic mass is 28.4. The Morgan fingerprint density at radius 1 is 0.551 bits per heavy atom. The van der Waals surface area contributed by atoms with E-state index in [9.17, 15) is 14.4 Å². The molecule has 0 heterocycles. The number of benzene rings is 7. The van der Waals surface area contributed by atoms with Gasteiger partial charge in [-0.05, 0) is 274 Å². The summed E-state index contributed by atoms with van der Waals surface area (Å²) in [6, 6.07) is 44.5. The third kappa shape index (κ3) is 19.6. The molecule has 3 saturated carbocycles. The van der Waals surface area contributed by atoms with Crippen molar-refractivity contribution in [2.45, 2.75) is 197 Å². The summed E-state index contributed by atoms with van der Waals surface area (Å²) in [6.45, 7) is 36.0. The SMILES string of the molecule is CCCOc1ccc(C(=O)OC2CCC3(C)C(=CCC4C3CCC3(C)C(C(C)CCCC(C)C)CCC43)C2)cc1.CCCOc1ccc(C(=O)Oc2cc(-c3c(OC(=O)c4ccc(OCCC)cc4)ccc4ccccc34)c3ccccc3c2)cc1.C[SiH](O[Si](C)(C)C)O[Si](C)(C)C. The van der Waals surface area contributed by atoms with Crippen LogP contribution in [-0.4, -0.2) is 69.8 Å². The van der Waals surface area contributed by atoms with E-state index in [4.69, 9.17) is 36.7 Å². The maximum absolute atomic E-state index is 13.4. The lowest BCUT2D eigenvalue weighted by Gasteiger charge is -2.58. The Bertz CT molecular complexity index is 3780. The highest BCUT2D eigenvalue weighted by Gasteiger charge is 2.59. The molecular weight excluding hydrogens is 1270 g/mol. The first-order chi connectivity index (χ1) is 46.8. The monoisotopic (exact) mass is 1380 g/mol. The van der Waals surface area contributed by atoms with E-state index in [0.29, 0.717) is 64.9 Å². The van der Waals surface area contributed by atoms with Crippen LogP contribution in [0, 0.1) is 46.3 Å². The molecule has 14 heteroatoms. The van der Waals surface area contributed by atoms with Crippen LogP contribution in [0.5, 0.6) is 28.7 Å². The van der Waals surface area contributed by atoms with Crippen molar-refractivity contribution in [3.63, 3.8) is 0 Å². The molecule has 4 aliphatic rings. The topological polar surface area (TPSA) is 125 Å². The van der Waals surface area contributed by atoms with E-state index < -0.39 is 37.9 Å². The number of hydrogen-bond donors (Lipinski definition) is 0. The minimum atomic E-state index is -1.36. The van der Waals surface area contributed by atoms with Gasteiger partial charge in [-0.3, -0.25) is 0 Å². The van der Waals surface area contributed by atoms with Gasteiger partial charge < -0.3 is 36.7 Å². The summed E-state index contributed by atoms with van der Waals surface area (Å²) in [5.74, 6) is 6.93. The third-order valence-electron chi connectivity index (χ3n) is 20.7. The second-order valence-electron chi connectivity index (χ2n) is 30.8. The summed E-state index contributed by atoms with van der Waals surface area (Å²) in [5.41, 5.74) is 5.33. The highest BCUT2D eigenvalue weighted by molar-refractivity contribution is 6.80. The van der Waals surface area contributed by atoms with Gasteiger partial charge in [0.1, 0.15) is 34.9 Å². The van der Waals surface area contributed by atoms with Crippen LogP contribution in [0.3, 0.4) is 0 Å². The van der Waals surface area contributed by atoms with Crippen molar-refractivity contribution in [1.82, 2.24) is 0 Å². The maximum Gasteiger partial charge on any atom is 0.343 e. The molecule has 8 unspecified atom stereocenters. The smallest absolute Gasteiger partial charge is 0.343 e. The van der Waals surface area contributed by atoms with Gasteiger partial charge in [-0.15, -0.1) is 0 Å². The Hall–Kier alpha value is -6.82. The van der Waals surface area contributed by atoms with Crippen molar-refractivity contribution in [3.8, 4) is 39.9 Å². The molecule has 0 aliphatic heterocycles. The van der Waals surface area contributed by atoms with E-state index in [1.807, 2.05) is 111 Å². The Morgan fingerprint density at radius 2 is 1.08 bits per heavy atom. The van der Waals surface area contributed by atoms with Crippen molar-refractivity contribution in [1.29, 1.82) is 0 Å². The molecule has 0 N–H and O–H groups in total. The first-order valence-corrected chi connectivity index (χ1v) is 45.6. The zero-order chi connectivity index (χ0) is 70.4. The lowest BCUT2D eigenvalue weighted by molar-refractivity contribution is -0.0594. The van der Waals surface area contributed by atoms with Crippen LogP contribution in [0.2, 0.25) is 45.8 Å². The predicted molar refractivity (Wildman–Crippen MR) is 408 cm³/mol. The summed E-state index contributed by atoms with van der Waals surface area (Å²) in [6.07, 6.45) is 19.5. The standard InChI is InChI=1S/C40H34O6.C37H56O3.C7H22O2Si3/c1-3-23-43-31-18-13-28(14-19-31)39(41)45-33-25-30-10-6-7-11-34(30)36(26-33)38-35-12-8-5-9-27(35)17-22-37(38)46-40(42)29-15-20-32(21-16-29)44-24-4-2;1-7-23-39-29-14-11-27(12-15-29)35(38)40-30-19-21-36(5)28(24-30)13-16-31-33-18-17-32(26(4)10-8-9-25(2)3)37(33,6)22-20-34(31)36;1-10(8-11(2,3)4)9-12(5,6)7/h5-22,25-26H,3-4,23-24H2,1-2H3;11-15,25-26,30-34H,7-10,16-24H2,1-6H3;10H,1-7H3. The highest BCUT2D eigenvalue weighted by Crippen LogP contribution is 2.67. The zero-order valence-electron chi connectivity index (χ0n) is 61.6. The Balaban J connectivity index is 0.000000198. The molecule has 8 atom stereocenters. The molecule has 98 heavy (non-hydrogen) atoms. The van der Waals surface area contributed by atoms with E-state index in [-0.39, 0.29) is 17.5 Å². The van der Waals surface area contributed by atoms with E-state index in [2.05, 4.69) is 93.4 Å². The molecule has 11 rings (SSSR count). The van der Waals surface area contributed by atoms with Crippen molar-refractivity contribution < 1.29 is 51.0 Å². The summed E-state index contributed by atoms with van der Waals surface area (Å²) in [4.78, 5) is 39.6. The van der Waals surface area contributed by atoms with Gasteiger partial charge in [0, 0.05) is 12.0 Å². The van der Waals surface area contributed by atoms with Crippen molar-refractivity contribution in [2.75, 3.05) is 19.8 Å². The third-order valence-corrected chi connectivity index (χ3v) is 29.0. The second-order valence-corrected chi connectivity index (χ2v) is 42.3.